The first-order chi connectivity index (χ1) is 9.88. The third kappa shape index (κ3) is 3.74. The summed E-state index contributed by atoms with van der Waals surface area (Å²) in [5.74, 6) is 0.158. The normalized spacial score (nSPS) is 10.4. The van der Waals surface area contributed by atoms with Gasteiger partial charge in [0.05, 0.1) is 13.9 Å². The van der Waals surface area contributed by atoms with Gasteiger partial charge in [-0.2, -0.15) is 0 Å². The van der Waals surface area contributed by atoms with Gasteiger partial charge in [-0.25, -0.2) is 0 Å². The molecule has 2 aromatic rings. The Labute approximate surface area is 138 Å². The van der Waals surface area contributed by atoms with Crippen molar-refractivity contribution >= 4 is 43.2 Å². The van der Waals surface area contributed by atoms with Crippen LogP contribution < -0.4 is 5.32 Å². The molecule has 110 valence electrons. The summed E-state index contributed by atoms with van der Waals surface area (Å²) in [7, 11) is 0. The first-order valence-electron chi connectivity index (χ1n) is 6.04. The summed E-state index contributed by atoms with van der Waals surface area (Å²) in [4.78, 5) is 10.3. The van der Waals surface area contributed by atoms with Gasteiger partial charge in [-0.3, -0.25) is 10.1 Å². The maximum atomic E-state index is 10.7. The highest BCUT2D eigenvalue weighted by molar-refractivity contribution is 9.11. The number of nitrogens with one attached hydrogen (secondary N) is 1. The van der Waals surface area contributed by atoms with Gasteiger partial charge in [0.1, 0.15) is 5.75 Å². The monoisotopic (exact) mass is 414 g/mol. The number of nitrogens with zero attached hydrogens (tertiary/aromatic N) is 1. The minimum atomic E-state index is -0.412. The van der Waals surface area contributed by atoms with Gasteiger partial charge >= 0.3 is 0 Å². The van der Waals surface area contributed by atoms with E-state index in [1.54, 1.807) is 6.07 Å². The fraction of sp³-hybridized carbons (Fsp3) is 0.143. The largest absolute Gasteiger partial charge is 0.506 e. The number of phenolic OH excluding ortho intramolecular Hbond substituents is 1. The second-order valence-corrected chi connectivity index (χ2v) is 6.23. The van der Waals surface area contributed by atoms with Crippen LogP contribution in [0.1, 0.15) is 11.1 Å². The van der Waals surface area contributed by atoms with Crippen molar-refractivity contribution in [3.63, 3.8) is 0 Å². The van der Waals surface area contributed by atoms with Crippen LogP contribution in [0.2, 0.25) is 0 Å². The molecule has 2 rings (SSSR count). The number of nitro benzene ring substituents is 1. The van der Waals surface area contributed by atoms with Crippen LogP contribution in [0, 0.1) is 17.0 Å². The Morgan fingerprint density at radius 1 is 1.24 bits per heavy atom. The van der Waals surface area contributed by atoms with Crippen LogP contribution >= 0.6 is 31.9 Å². The van der Waals surface area contributed by atoms with Crippen molar-refractivity contribution < 1.29 is 10.0 Å². The third-order valence-corrected chi connectivity index (χ3v) is 4.19. The molecule has 2 aromatic carbocycles. The zero-order chi connectivity index (χ0) is 15.6. The number of nitro groups is 1. The number of anilines is 1. The van der Waals surface area contributed by atoms with E-state index < -0.39 is 4.92 Å². The standard InChI is InChI=1S/C14H12Br2N2O3/c1-8-4-10(18(20)21)2-3-13(8)17-7-9-5-11(15)14(19)12(16)6-9/h2-6,17,19H,7H2,1H3. The lowest BCUT2D eigenvalue weighted by Gasteiger charge is -2.11. The number of hydrogen-bond acceptors (Lipinski definition) is 4. The van der Waals surface area contributed by atoms with E-state index >= 15 is 0 Å². The molecule has 2 N–H and O–H groups in total. The van der Waals surface area contributed by atoms with Crippen molar-refractivity contribution in [3.8, 4) is 5.75 Å². The lowest BCUT2D eigenvalue weighted by Crippen LogP contribution is -2.02. The lowest BCUT2D eigenvalue weighted by atomic mass is 10.1. The van der Waals surface area contributed by atoms with Gasteiger partial charge in [0.2, 0.25) is 0 Å². The number of non-ortho nitro benzene ring substituents is 1. The molecule has 0 aliphatic rings. The molecular formula is C14H12Br2N2O3. The van der Waals surface area contributed by atoms with E-state index in [-0.39, 0.29) is 11.4 Å². The second kappa shape index (κ2) is 6.44. The summed E-state index contributed by atoms with van der Waals surface area (Å²) in [6.45, 7) is 2.36. The number of hydrogen-bond donors (Lipinski definition) is 2. The first-order valence-corrected chi connectivity index (χ1v) is 7.63. The van der Waals surface area contributed by atoms with Crippen molar-refractivity contribution in [2.24, 2.45) is 0 Å². The van der Waals surface area contributed by atoms with E-state index in [0.717, 1.165) is 16.8 Å². The molecule has 7 heteroatoms. The number of aromatic hydroxyl groups is 1. The first kappa shape index (κ1) is 15.8. The molecular weight excluding hydrogens is 404 g/mol. The van der Waals surface area contributed by atoms with Gasteiger partial charge < -0.3 is 10.4 Å². The van der Waals surface area contributed by atoms with Crippen molar-refractivity contribution in [1.82, 2.24) is 0 Å². The second-order valence-electron chi connectivity index (χ2n) is 4.52. The van der Waals surface area contributed by atoms with Crippen LogP contribution in [0.4, 0.5) is 11.4 Å². The molecule has 0 saturated heterocycles. The quantitative estimate of drug-likeness (QED) is 0.558. The molecule has 0 spiro atoms. The van der Waals surface area contributed by atoms with Crippen molar-refractivity contribution in [1.29, 1.82) is 0 Å². The lowest BCUT2D eigenvalue weighted by molar-refractivity contribution is -0.384. The van der Waals surface area contributed by atoms with Crippen LogP contribution in [-0.2, 0) is 6.54 Å². The molecule has 0 aliphatic carbocycles. The summed E-state index contributed by atoms with van der Waals surface area (Å²) >= 11 is 6.56. The van der Waals surface area contributed by atoms with E-state index in [1.165, 1.54) is 12.1 Å². The van der Waals surface area contributed by atoms with Gasteiger partial charge in [-0.05, 0) is 68.1 Å². The topological polar surface area (TPSA) is 75.4 Å². The van der Waals surface area contributed by atoms with Crippen molar-refractivity contribution in [2.75, 3.05) is 5.32 Å². The summed E-state index contributed by atoms with van der Waals surface area (Å²) in [5, 5.41) is 23.6. The smallest absolute Gasteiger partial charge is 0.269 e. The number of benzene rings is 2. The molecule has 0 amide bonds. The van der Waals surface area contributed by atoms with E-state index in [1.807, 2.05) is 19.1 Å². The maximum Gasteiger partial charge on any atom is 0.269 e. The predicted molar refractivity (Wildman–Crippen MR) is 88.7 cm³/mol. The number of aryl methyl sites for hydroxylation is 1. The maximum absolute atomic E-state index is 10.7. The number of rotatable bonds is 4. The fourth-order valence-corrected chi connectivity index (χ4v) is 3.16. The predicted octanol–water partition coefficient (Wildman–Crippen LogP) is 4.75. The van der Waals surface area contributed by atoms with Gasteiger partial charge in [-0.1, -0.05) is 0 Å². The van der Waals surface area contributed by atoms with Crippen LogP contribution in [0.15, 0.2) is 39.3 Å². The summed E-state index contributed by atoms with van der Waals surface area (Å²) in [6.07, 6.45) is 0. The molecule has 0 unspecified atom stereocenters. The molecule has 0 heterocycles. The van der Waals surface area contributed by atoms with Crippen molar-refractivity contribution in [3.05, 3.63) is 60.5 Å². The zero-order valence-electron chi connectivity index (χ0n) is 11.1. The Kier molecular flexibility index (Phi) is 4.84. The molecule has 0 atom stereocenters. The average Bonchev–Trinajstić information content (AvgIpc) is 2.43. The SMILES string of the molecule is Cc1cc([N+](=O)[O-])ccc1NCc1cc(Br)c(O)c(Br)c1. The van der Waals surface area contributed by atoms with Gasteiger partial charge in [0.15, 0.2) is 0 Å². The fourth-order valence-electron chi connectivity index (χ4n) is 1.88. The minimum Gasteiger partial charge on any atom is -0.506 e. The Bertz CT molecular complexity index is 682. The third-order valence-electron chi connectivity index (χ3n) is 2.98. The van der Waals surface area contributed by atoms with Crippen molar-refractivity contribution in [2.45, 2.75) is 13.5 Å². The Morgan fingerprint density at radius 3 is 2.38 bits per heavy atom. The summed E-state index contributed by atoms with van der Waals surface area (Å²) < 4.78 is 1.21. The van der Waals surface area contributed by atoms with Crippen LogP contribution in [-0.4, -0.2) is 10.0 Å². The average molecular weight is 416 g/mol. The minimum absolute atomic E-state index is 0.0770. The van der Waals surface area contributed by atoms with E-state index in [9.17, 15) is 15.2 Å². The molecule has 0 fully saturated rings. The highest BCUT2D eigenvalue weighted by atomic mass is 79.9. The van der Waals surface area contributed by atoms with Crippen LogP contribution in [0.3, 0.4) is 0 Å². The van der Waals surface area contributed by atoms with E-state index in [4.69, 9.17) is 0 Å². The summed E-state index contributed by atoms with van der Waals surface area (Å²) in [6, 6.07) is 8.32. The molecule has 5 nitrogen and oxygen atoms in total. The van der Waals surface area contributed by atoms with Gasteiger partial charge in [0.25, 0.3) is 5.69 Å². The molecule has 0 aliphatic heterocycles. The van der Waals surface area contributed by atoms with Gasteiger partial charge in [-0.15, -0.1) is 0 Å². The Hall–Kier alpha value is -1.60. The number of phenols is 1. The Balaban J connectivity index is 2.15. The van der Waals surface area contributed by atoms with E-state index in [0.29, 0.717) is 15.5 Å². The summed E-state index contributed by atoms with van der Waals surface area (Å²) in [5.41, 5.74) is 2.68. The van der Waals surface area contributed by atoms with Crippen LogP contribution in [0.5, 0.6) is 5.75 Å². The number of halogens is 2. The molecule has 0 saturated carbocycles. The van der Waals surface area contributed by atoms with Gasteiger partial charge in [0, 0.05) is 24.4 Å². The molecule has 0 bridgehead atoms. The van der Waals surface area contributed by atoms with E-state index in [2.05, 4.69) is 37.2 Å². The Morgan fingerprint density at radius 2 is 1.86 bits per heavy atom. The molecule has 0 radical (unpaired) electrons. The highest BCUT2D eigenvalue weighted by Crippen LogP contribution is 2.33. The van der Waals surface area contributed by atoms with Crippen LogP contribution in [0.25, 0.3) is 0 Å². The molecule has 0 aromatic heterocycles. The highest BCUT2D eigenvalue weighted by Gasteiger charge is 2.09. The molecule has 21 heavy (non-hydrogen) atoms. The zero-order valence-corrected chi connectivity index (χ0v) is 14.2.